The Morgan fingerprint density at radius 1 is 1.39 bits per heavy atom. The molecule has 0 aromatic heterocycles. The highest BCUT2D eigenvalue weighted by molar-refractivity contribution is 8.41. The second-order valence-electron chi connectivity index (χ2n) is 3.26. The Labute approximate surface area is 119 Å². The average molecular weight is 340 g/mol. The molecule has 3 atom stereocenters. The summed E-state index contributed by atoms with van der Waals surface area (Å²) < 4.78 is 12.3. The van der Waals surface area contributed by atoms with Crippen LogP contribution in [0.3, 0.4) is 0 Å². The number of hydrazone groups is 1. The van der Waals surface area contributed by atoms with E-state index in [0.717, 1.165) is 11.3 Å². The molecule has 0 heterocycles. The molecule has 1 rings (SSSR count). The van der Waals surface area contributed by atoms with Crippen molar-refractivity contribution < 1.29 is 9.05 Å². The van der Waals surface area contributed by atoms with Gasteiger partial charge in [0.15, 0.2) is 7.07 Å². The van der Waals surface area contributed by atoms with Gasteiger partial charge in [0.05, 0.1) is 6.21 Å². The van der Waals surface area contributed by atoms with Gasteiger partial charge in [-0.15, -0.1) is 0 Å². The van der Waals surface area contributed by atoms with Gasteiger partial charge in [0.25, 0.3) is 0 Å². The number of hydrogen-bond acceptors (Lipinski definition) is 4. The Bertz CT molecular complexity index is 427. The topological polar surface area (TPSA) is 34.1 Å². The highest BCUT2D eigenvalue weighted by atomic mass is 32.4. The summed E-state index contributed by atoms with van der Waals surface area (Å²) in [4.78, 5) is 0. The lowest BCUT2D eigenvalue weighted by Crippen LogP contribution is -2.00. The molecule has 0 spiro atoms. The van der Waals surface area contributed by atoms with Gasteiger partial charge in [0.1, 0.15) is 13.3 Å². The van der Waals surface area contributed by atoms with Crippen LogP contribution in [0.1, 0.15) is 5.56 Å². The zero-order chi connectivity index (χ0) is 13.5. The molecule has 100 valence electrons. The molecule has 1 aromatic rings. The van der Waals surface area contributed by atoms with Crippen LogP contribution in [-0.4, -0.2) is 25.2 Å². The van der Waals surface area contributed by atoms with Crippen molar-refractivity contribution in [2.24, 2.45) is 5.10 Å². The van der Waals surface area contributed by atoms with Crippen LogP contribution in [0.2, 0.25) is 0 Å². The third-order valence-corrected chi connectivity index (χ3v) is 5.25. The first kappa shape index (κ1) is 16.4. The van der Waals surface area contributed by atoms with Crippen LogP contribution in [-0.2, 0) is 16.3 Å². The van der Waals surface area contributed by atoms with E-state index in [9.17, 15) is 0 Å². The third kappa shape index (κ3) is 6.02. The van der Waals surface area contributed by atoms with Crippen molar-refractivity contribution in [1.29, 1.82) is 0 Å². The molecule has 0 aliphatic carbocycles. The average Bonchev–Trinajstić information content (AvgIpc) is 2.36. The van der Waals surface area contributed by atoms with E-state index in [2.05, 4.69) is 23.0 Å². The second-order valence-corrected chi connectivity index (χ2v) is 11.6. The SMILES string of the molecule is CO[PH](=S)N(C)/N=C/c1ccc(OP(P)P)cc1. The first-order valence-electron chi connectivity index (χ1n) is 4.96. The van der Waals surface area contributed by atoms with E-state index in [-0.39, 0.29) is 0 Å². The van der Waals surface area contributed by atoms with Crippen LogP contribution in [0.15, 0.2) is 29.4 Å². The van der Waals surface area contributed by atoms with E-state index < -0.39 is 14.6 Å². The standard InChI is InChI=1S/C9H16N2O2P4S/c1-11(16(18)12-2)10-7-8-3-5-9(6-4-8)13-17(14)15/h3-7,16H,14-15H2,1-2H3/b10-7+. The van der Waals surface area contributed by atoms with Gasteiger partial charge in [-0.1, -0.05) is 17.9 Å². The van der Waals surface area contributed by atoms with Crippen molar-refractivity contribution in [3.05, 3.63) is 29.8 Å². The quantitative estimate of drug-likeness (QED) is 0.451. The molecule has 0 aliphatic rings. The monoisotopic (exact) mass is 340 g/mol. The summed E-state index contributed by atoms with van der Waals surface area (Å²) in [5, 5.41) is 4.24. The molecule has 0 radical (unpaired) electrons. The minimum absolute atomic E-state index is 0.550. The summed E-state index contributed by atoms with van der Waals surface area (Å²) in [7, 11) is 6.69. The number of nitrogens with zero attached hydrogens (tertiary/aromatic N) is 2. The van der Waals surface area contributed by atoms with Gasteiger partial charge in [-0.05, 0) is 41.6 Å². The minimum Gasteiger partial charge on any atom is -0.466 e. The lowest BCUT2D eigenvalue weighted by Gasteiger charge is -2.13. The molecule has 9 heteroatoms. The van der Waals surface area contributed by atoms with Crippen LogP contribution < -0.4 is 4.52 Å². The Morgan fingerprint density at radius 3 is 2.50 bits per heavy atom. The molecule has 0 amide bonds. The summed E-state index contributed by atoms with van der Waals surface area (Å²) in [6.07, 6.45) is 1.75. The Hall–Kier alpha value is 0.390. The van der Waals surface area contributed by atoms with E-state index in [1.54, 1.807) is 18.1 Å². The van der Waals surface area contributed by atoms with Crippen LogP contribution in [0.5, 0.6) is 5.75 Å². The summed E-state index contributed by atoms with van der Waals surface area (Å²) in [5.41, 5.74) is 0.993. The first-order valence-corrected chi connectivity index (χ1v) is 11.9. The minimum atomic E-state index is -1.41. The molecule has 0 fully saturated rings. The predicted molar refractivity (Wildman–Crippen MR) is 91.5 cm³/mol. The first-order chi connectivity index (χ1) is 8.52. The van der Waals surface area contributed by atoms with Crippen molar-refractivity contribution in [2.45, 2.75) is 0 Å². The maximum atomic E-state index is 5.55. The zero-order valence-corrected chi connectivity index (χ0v) is 15.1. The summed E-state index contributed by atoms with van der Waals surface area (Å²) in [6.45, 7) is 0. The van der Waals surface area contributed by atoms with E-state index >= 15 is 0 Å². The fraction of sp³-hybridized carbons (Fsp3) is 0.222. The van der Waals surface area contributed by atoms with E-state index in [1.807, 2.05) is 31.3 Å². The van der Waals surface area contributed by atoms with Gasteiger partial charge in [0.2, 0.25) is 0 Å². The normalized spacial score (nSPS) is 12.9. The Morgan fingerprint density at radius 2 is 2.00 bits per heavy atom. The maximum Gasteiger partial charge on any atom is 0.158 e. The summed E-state index contributed by atoms with van der Waals surface area (Å²) in [5.74, 6) is 0.849. The van der Waals surface area contributed by atoms with Crippen LogP contribution in [0.25, 0.3) is 0 Å². The smallest absolute Gasteiger partial charge is 0.158 e. The lowest BCUT2D eigenvalue weighted by atomic mass is 10.2. The third-order valence-electron chi connectivity index (χ3n) is 1.91. The Kier molecular flexibility index (Phi) is 7.80. The molecule has 0 bridgehead atoms. The molecule has 1 aromatic carbocycles. The van der Waals surface area contributed by atoms with Crippen molar-refractivity contribution in [1.82, 2.24) is 4.78 Å². The second kappa shape index (κ2) is 8.54. The molecular weight excluding hydrogens is 324 g/mol. The van der Waals surface area contributed by atoms with Gasteiger partial charge in [0, 0.05) is 14.2 Å². The van der Waals surface area contributed by atoms with Crippen LogP contribution in [0.4, 0.5) is 0 Å². The molecular formula is C9H16N2O2P4S. The van der Waals surface area contributed by atoms with Gasteiger partial charge in [-0.2, -0.15) is 5.10 Å². The molecule has 3 unspecified atom stereocenters. The fourth-order valence-electron chi connectivity index (χ4n) is 1.07. The van der Waals surface area contributed by atoms with Crippen molar-refractivity contribution in [3.8, 4) is 5.75 Å². The van der Waals surface area contributed by atoms with Crippen molar-refractivity contribution in [2.75, 3.05) is 14.2 Å². The van der Waals surface area contributed by atoms with Crippen LogP contribution in [0, 0.1) is 0 Å². The van der Waals surface area contributed by atoms with E-state index in [0.29, 0.717) is 0 Å². The number of hydrogen-bond donors (Lipinski definition) is 0. The predicted octanol–water partition coefficient (Wildman–Crippen LogP) is 3.46. The van der Waals surface area contributed by atoms with Crippen LogP contribution >= 0.6 is 32.5 Å². The largest absolute Gasteiger partial charge is 0.466 e. The van der Waals surface area contributed by atoms with E-state index in [4.69, 9.17) is 20.9 Å². The van der Waals surface area contributed by atoms with Gasteiger partial charge < -0.3 is 9.05 Å². The molecule has 0 aliphatic heterocycles. The Balaban J connectivity index is 2.63. The van der Waals surface area contributed by atoms with E-state index in [1.165, 1.54) is 0 Å². The molecule has 18 heavy (non-hydrogen) atoms. The highest BCUT2D eigenvalue weighted by Gasteiger charge is 1.99. The fourth-order valence-corrected chi connectivity index (χ4v) is 2.72. The van der Waals surface area contributed by atoms with Gasteiger partial charge >= 0.3 is 0 Å². The van der Waals surface area contributed by atoms with Crippen molar-refractivity contribution >= 4 is 50.5 Å². The lowest BCUT2D eigenvalue weighted by molar-refractivity contribution is 0.421. The maximum absolute atomic E-state index is 5.55. The summed E-state index contributed by atoms with van der Waals surface area (Å²) >= 11 is 5.11. The molecule has 4 nitrogen and oxygen atoms in total. The van der Waals surface area contributed by atoms with Gasteiger partial charge in [-0.25, -0.2) is 0 Å². The van der Waals surface area contributed by atoms with Crippen molar-refractivity contribution in [3.63, 3.8) is 0 Å². The highest BCUT2D eigenvalue weighted by Crippen LogP contribution is 2.53. The number of benzene rings is 1. The van der Waals surface area contributed by atoms with Gasteiger partial charge in [-0.3, -0.25) is 4.78 Å². The summed E-state index contributed by atoms with van der Waals surface area (Å²) in [6, 6.07) is 7.73. The number of rotatable bonds is 6. The molecule has 0 N–H and O–H groups in total. The zero-order valence-electron chi connectivity index (χ0n) is 10.1. The molecule has 0 saturated carbocycles. The molecule has 0 saturated heterocycles.